The number of nitrogens with one attached hydrogen (secondary N) is 1. The standard InChI is InChI=1S/C12H14N4OS/c1-6-4-7(2)10(13)5-9(6)11(17)15-12-14-8(3)16-18-12/h4-5H,13H2,1-3H3,(H,14,15,16,17). The summed E-state index contributed by atoms with van der Waals surface area (Å²) in [5.74, 6) is 0.436. The van der Waals surface area contributed by atoms with E-state index in [1.807, 2.05) is 19.9 Å². The lowest BCUT2D eigenvalue weighted by molar-refractivity contribution is 0.102. The topological polar surface area (TPSA) is 80.9 Å². The maximum Gasteiger partial charge on any atom is 0.257 e. The first-order chi connectivity index (χ1) is 8.47. The largest absolute Gasteiger partial charge is 0.398 e. The van der Waals surface area contributed by atoms with Crippen LogP contribution in [0.1, 0.15) is 27.3 Å². The fraction of sp³-hybridized carbons (Fsp3) is 0.250. The Morgan fingerprint density at radius 3 is 2.61 bits per heavy atom. The number of rotatable bonds is 2. The molecule has 0 bridgehead atoms. The molecule has 6 heteroatoms. The van der Waals surface area contributed by atoms with Crippen molar-refractivity contribution < 1.29 is 4.79 Å². The molecular weight excluding hydrogens is 248 g/mol. The van der Waals surface area contributed by atoms with Crippen molar-refractivity contribution in [2.75, 3.05) is 11.1 Å². The summed E-state index contributed by atoms with van der Waals surface area (Å²) in [7, 11) is 0. The number of hydrogen-bond acceptors (Lipinski definition) is 5. The highest BCUT2D eigenvalue weighted by Crippen LogP contribution is 2.19. The average Bonchev–Trinajstić information content (AvgIpc) is 2.69. The summed E-state index contributed by atoms with van der Waals surface area (Å²) in [6, 6.07) is 3.59. The summed E-state index contributed by atoms with van der Waals surface area (Å²) in [4.78, 5) is 16.2. The zero-order chi connectivity index (χ0) is 13.3. The lowest BCUT2D eigenvalue weighted by atomic mass is 10.0. The molecule has 0 unspecified atom stereocenters. The Labute approximate surface area is 109 Å². The molecule has 0 aliphatic carbocycles. The molecule has 18 heavy (non-hydrogen) atoms. The van der Waals surface area contributed by atoms with Gasteiger partial charge < -0.3 is 5.73 Å². The number of hydrogen-bond donors (Lipinski definition) is 2. The molecule has 2 rings (SSSR count). The number of carbonyl (C=O) groups excluding carboxylic acids is 1. The minimum atomic E-state index is -0.213. The average molecular weight is 262 g/mol. The predicted octanol–water partition coefficient (Wildman–Crippen LogP) is 2.30. The number of nitrogens with two attached hydrogens (primary N) is 1. The quantitative estimate of drug-likeness (QED) is 0.814. The molecule has 0 saturated heterocycles. The molecule has 2 aromatic rings. The predicted molar refractivity (Wildman–Crippen MR) is 72.9 cm³/mol. The maximum atomic E-state index is 12.1. The Morgan fingerprint density at radius 2 is 2.00 bits per heavy atom. The zero-order valence-electron chi connectivity index (χ0n) is 10.4. The second-order valence-electron chi connectivity index (χ2n) is 4.12. The van der Waals surface area contributed by atoms with Crippen LogP contribution in [0.2, 0.25) is 0 Å². The van der Waals surface area contributed by atoms with Crippen LogP contribution < -0.4 is 11.1 Å². The molecule has 0 aliphatic heterocycles. The zero-order valence-corrected chi connectivity index (χ0v) is 11.3. The van der Waals surface area contributed by atoms with Crippen LogP contribution in [0.3, 0.4) is 0 Å². The van der Waals surface area contributed by atoms with Crippen LogP contribution in [0.25, 0.3) is 0 Å². The molecule has 1 aromatic heterocycles. The second-order valence-corrected chi connectivity index (χ2v) is 4.88. The summed E-state index contributed by atoms with van der Waals surface area (Å²) in [6.45, 7) is 5.58. The van der Waals surface area contributed by atoms with E-state index in [4.69, 9.17) is 5.73 Å². The molecule has 0 spiro atoms. The number of nitrogens with zero attached hydrogens (tertiary/aromatic N) is 2. The minimum absolute atomic E-state index is 0.213. The van der Waals surface area contributed by atoms with Crippen molar-refractivity contribution in [3.63, 3.8) is 0 Å². The third-order valence-electron chi connectivity index (χ3n) is 2.61. The van der Waals surface area contributed by atoms with Crippen LogP contribution in [0.15, 0.2) is 12.1 Å². The fourth-order valence-corrected chi connectivity index (χ4v) is 2.20. The van der Waals surface area contributed by atoms with Gasteiger partial charge in [0.25, 0.3) is 5.91 Å². The number of aryl methyl sites for hydroxylation is 3. The van der Waals surface area contributed by atoms with Gasteiger partial charge in [0.2, 0.25) is 5.13 Å². The third kappa shape index (κ3) is 2.48. The maximum absolute atomic E-state index is 12.1. The number of benzene rings is 1. The first-order valence-electron chi connectivity index (χ1n) is 5.46. The van der Waals surface area contributed by atoms with Crippen LogP contribution in [-0.2, 0) is 0 Å². The second kappa shape index (κ2) is 4.73. The van der Waals surface area contributed by atoms with Crippen molar-refractivity contribution in [3.05, 3.63) is 34.6 Å². The van der Waals surface area contributed by atoms with Crippen LogP contribution in [0.4, 0.5) is 10.8 Å². The number of aromatic nitrogens is 2. The van der Waals surface area contributed by atoms with Crippen molar-refractivity contribution in [3.8, 4) is 0 Å². The summed E-state index contributed by atoms with van der Waals surface area (Å²) >= 11 is 1.16. The van der Waals surface area contributed by atoms with E-state index in [2.05, 4.69) is 14.7 Å². The molecule has 0 fully saturated rings. The highest BCUT2D eigenvalue weighted by molar-refractivity contribution is 7.09. The van der Waals surface area contributed by atoms with E-state index in [1.54, 1.807) is 13.0 Å². The van der Waals surface area contributed by atoms with Crippen LogP contribution in [-0.4, -0.2) is 15.3 Å². The Bertz CT molecular complexity index is 606. The van der Waals surface area contributed by atoms with Gasteiger partial charge in [-0.3, -0.25) is 10.1 Å². The van der Waals surface area contributed by atoms with Gasteiger partial charge in [-0.1, -0.05) is 6.07 Å². The first-order valence-corrected chi connectivity index (χ1v) is 6.23. The Hall–Kier alpha value is -1.95. The highest BCUT2D eigenvalue weighted by atomic mass is 32.1. The molecule has 0 radical (unpaired) electrons. The smallest absolute Gasteiger partial charge is 0.257 e. The van der Waals surface area contributed by atoms with Crippen LogP contribution >= 0.6 is 11.5 Å². The van der Waals surface area contributed by atoms with E-state index in [1.165, 1.54) is 0 Å². The van der Waals surface area contributed by atoms with E-state index >= 15 is 0 Å². The minimum Gasteiger partial charge on any atom is -0.398 e. The van der Waals surface area contributed by atoms with Crippen molar-refractivity contribution in [2.45, 2.75) is 20.8 Å². The fourth-order valence-electron chi connectivity index (χ4n) is 1.63. The Balaban J connectivity index is 2.26. The molecule has 3 N–H and O–H groups in total. The monoisotopic (exact) mass is 262 g/mol. The molecule has 1 amide bonds. The highest BCUT2D eigenvalue weighted by Gasteiger charge is 2.13. The summed E-state index contributed by atoms with van der Waals surface area (Å²) in [5.41, 5.74) is 8.85. The molecular formula is C12H14N4OS. The number of amides is 1. The molecule has 1 aromatic carbocycles. The van der Waals surface area contributed by atoms with Gasteiger partial charge in [0, 0.05) is 22.8 Å². The van der Waals surface area contributed by atoms with Gasteiger partial charge in [0.15, 0.2) is 0 Å². The summed E-state index contributed by atoms with van der Waals surface area (Å²) in [5, 5.41) is 3.21. The van der Waals surface area contributed by atoms with E-state index in [-0.39, 0.29) is 5.91 Å². The Kier molecular flexibility index (Phi) is 3.29. The summed E-state index contributed by atoms with van der Waals surface area (Å²) in [6.07, 6.45) is 0. The Morgan fingerprint density at radius 1 is 1.28 bits per heavy atom. The molecule has 0 aliphatic rings. The van der Waals surface area contributed by atoms with Gasteiger partial charge in [0.05, 0.1) is 0 Å². The molecule has 0 atom stereocenters. The third-order valence-corrected chi connectivity index (χ3v) is 3.33. The number of nitrogen functional groups attached to an aromatic ring is 1. The number of anilines is 2. The van der Waals surface area contributed by atoms with Crippen LogP contribution in [0, 0.1) is 20.8 Å². The van der Waals surface area contributed by atoms with Gasteiger partial charge in [-0.2, -0.15) is 4.37 Å². The first kappa shape index (κ1) is 12.5. The van der Waals surface area contributed by atoms with Gasteiger partial charge in [0.1, 0.15) is 5.82 Å². The summed E-state index contributed by atoms with van der Waals surface area (Å²) < 4.78 is 4.01. The molecule has 1 heterocycles. The van der Waals surface area contributed by atoms with Crippen molar-refractivity contribution in [2.24, 2.45) is 0 Å². The van der Waals surface area contributed by atoms with Gasteiger partial charge in [-0.15, -0.1) is 0 Å². The van der Waals surface area contributed by atoms with E-state index in [0.29, 0.717) is 22.2 Å². The van der Waals surface area contributed by atoms with E-state index < -0.39 is 0 Å². The van der Waals surface area contributed by atoms with Crippen molar-refractivity contribution in [1.82, 2.24) is 9.36 Å². The normalized spacial score (nSPS) is 10.4. The van der Waals surface area contributed by atoms with Crippen molar-refractivity contribution in [1.29, 1.82) is 0 Å². The van der Waals surface area contributed by atoms with E-state index in [9.17, 15) is 4.79 Å². The van der Waals surface area contributed by atoms with Crippen LogP contribution in [0.5, 0.6) is 0 Å². The molecule has 5 nitrogen and oxygen atoms in total. The molecule has 94 valence electrons. The lowest BCUT2D eigenvalue weighted by Crippen LogP contribution is -2.14. The van der Waals surface area contributed by atoms with Gasteiger partial charge >= 0.3 is 0 Å². The van der Waals surface area contributed by atoms with Crippen molar-refractivity contribution >= 4 is 28.3 Å². The van der Waals surface area contributed by atoms with Gasteiger partial charge in [-0.05, 0) is 38.0 Å². The van der Waals surface area contributed by atoms with E-state index in [0.717, 1.165) is 22.7 Å². The number of carbonyl (C=O) groups is 1. The SMILES string of the molecule is Cc1nsc(NC(=O)c2cc(N)c(C)cc2C)n1. The molecule has 0 saturated carbocycles. The van der Waals surface area contributed by atoms with Gasteiger partial charge in [-0.25, -0.2) is 4.98 Å². The lowest BCUT2D eigenvalue weighted by Gasteiger charge is -2.08.